The van der Waals surface area contributed by atoms with Crippen molar-refractivity contribution in [3.8, 4) is 22.7 Å². The first-order valence-corrected chi connectivity index (χ1v) is 7.69. The van der Waals surface area contributed by atoms with Crippen LogP contribution >= 0.6 is 0 Å². The molecular formula is C17H17FN4O3. The Labute approximate surface area is 143 Å². The summed E-state index contributed by atoms with van der Waals surface area (Å²) in [5, 5.41) is 30.1. The third kappa shape index (κ3) is 2.75. The van der Waals surface area contributed by atoms with Crippen LogP contribution in [-0.4, -0.2) is 31.5 Å². The molecule has 2 N–H and O–H groups in total. The molecule has 0 saturated carbocycles. The highest BCUT2D eigenvalue weighted by molar-refractivity contribution is 5.91. The molecule has 0 aliphatic rings. The summed E-state index contributed by atoms with van der Waals surface area (Å²) in [4.78, 5) is 0. The van der Waals surface area contributed by atoms with Crippen molar-refractivity contribution in [2.75, 3.05) is 0 Å². The molecule has 8 heteroatoms. The van der Waals surface area contributed by atoms with Crippen LogP contribution in [0.5, 0.6) is 5.75 Å². The lowest BCUT2D eigenvalue weighted by Gasteiger charge is -2.09. The van der Waals surface area contributed by atoms with E-state index in [1.165, 1.54) is 23.0 Å². The lowest BCUT2D eigenvalue weighted by atomic mass is 10.0. The molecule has 0 spiro atoms. The fourth-order valence-corrected chi connectivity index (χ4v) is 2.83. The molecule has 0 radical (unpaired) electrons. The molecule has 130 valence electrons. The highest BCUT2D eigenvalue weighted by atomic mass is 19.1. The number of aromatic hydroxyl groups is 1. The van der Waals surface area contributed by atoms with Crippen LogP contribution in [0.3, 0.4) is 0 Å². The SMILES string of the molecule is CCc1nn(-c2ccc(O)cc2F)c(-c2c(C)noc2C)c1/C=N\O. The van der Waals surface area contributed by atoms with Crippen LogP contribution < -0.4 is 0 Å². The number of benzene rings is 1. The minimum absolute atomic E-state index is 0.153. The number of nitrogens with zero attached hydrogens (tertiary/aromatic N) is 4. The molecule has 0 amide bonds. The summed E-state index contributed by atoms with van der Waals surface area (Å²) in [5.41, 5.74) is 3.09. The van der Waals surface area contributed by atoms with Gasteiger partial charge in [0.1, 0.15) is 17.2 Å². The second-order valence-corrected chi connectivity index (χ2v) is 5.55. The number of rotatable bonds is 4. The molecule has 2 aromatic heterocycles. The van der Waals surface area contributed by atoms with Gasteiger partial charge in [-0.05, 0) is 32.4 Å². The van der Waals surface area contributed by atoms with Gasteiger partial charge in [-0.3, -0.25) is 0 Å². The standard InChI is InChI=1S/C17H17FN4O3/c1-4-14-12(8-19-24)17(16-9(2)21-25-10(16)3)22(20-14)15-6-5-11(23)7-13(15)18/h5-8,23-24H,4H2,1-3H3/b19-8-. The third-order valence-corrected chi connectivity index (χ3v) is 3.95. The highest BCUT2D eigenvalue weighted by Crippen LogP contribution is 2.34. The van der Waals surface area contributed by atoms with Gasteiger partial charge in [0.05, 0.1) is 28.9 Å². The minimum atomic E-state index is -0.634. The van der Waals surface area contributed by atoms with Crippen molar-refractivity contribution in [1.29, 1.82) is 0 Å². The second-order valence-electron chi connectivity index (χ2n) is 5.55. The first-order valence-electron chi connectivity index (χ1n) is 7.69. The smallest absolute Gasteiger partial charge is 0.152 e. The maximum absolute atomic E-state index is 14.4. The molecular weight excluding hydrogens is 327 g/mol. The van der Waals surface area contributed by atoms with E-state index in [1.54, 1.807) is 13.8 Å². The zero-order chi connectivity index (χ0) is 18.1. The van der Waals surface area contributed by atoms with E-state index in [1.807, 2.05) is 6.92 Å². The molecule has 0 aliphatic heterocycles. The molecule has 3 aromatic rings. The number of aryl methyl sites for hydroxylation is 3. The van der Waals surface area contributed by atoms with Gasteiger partial charge < -0.3 is 14.8 Å². The topological polar surface area (TPSA) is 96.7 Å². The molecule has 0 saturated heterocycles. The molecule has 2 heterocycles. The number of hydrogen-bond donors (Lipinski definition) is 2. The third-order valence-electron chi connectivity index (χ3n) is 3.95. The molecule has 1 aromatic carbocycles. The monoisotopic (exact) mass is 344 g/mol. The number of phenols is 1. The van der Waals surface area contributed by atoms with Crippen molar-refractivity contribution in [2.45, 2.75) is 27.2 Å². The van der Waals surface area contributed by atoms with Gasteiger partial charge in [-0.15, -0.1) is 0 Å². The number of hydrogen-bond acceptors (Lipinski definition) is 6. The van der Waals surface area contributed by atoms with Crippen LogP contribution in [0, 0.1) is 19.7 Å². The van der Waals surface area contributed by atoms with Gasteiger partial charge in [-0.1, -0.05) is 17.2 Å². The van der Waals surface area contributed by atoms with E-state index in [4.69, 9.17) is 9.73 Å². The molecule has 0 bridgehead atoms. The van der Waals surface area contributed by atoms with Crippen molar-refractivity contribution >= 4 is 6.21 Å². The van der Waals surface area contributed by atoms with Gasteiger partial charge in [0.2, 0.25) is 0 Å². The zero-order valence-electron chi connectivity index (χ0n) is 14.0. The first-order chi connectivity index (χ1) is 12.0. The highest BCUT2D eigenvalue weighted by Gasteiger charge is 2.25. The Morgan fingerprint density at radius 1 is 1.36 bits per heavy atom. The number of halogens is 1. The van der Waals surface area contributed by atoms with Crippen molar-refractivity contribution in [1.82, 2.24) is 14.9 Å². The van der Waals surface area contributed by atoms with Gasteiger partial charge >= 0.3 is 0 Å². The molecule has 0 atom stereocenters. The lowest BCUT2D eigenvalue weighted by molar-refractivity contribution is 0.322. The predicted octanol–water partition coefficient (Wildman–Crippen LogP) is 3.36. The van der Waals surface area contributed by atoms with Crippen LogP contribution in [0.1, 0.15) is 29.6 Å². The average molecular weight is 344 g/mol. The Hall–Kier alpha value is -3.16. The van der Waals surface area contributed by atoms with Crippen molar-refractivity contribution < 1.29 is 19.2 Å². The summed E-state index contributed by atoms with van der Waals surface area (Å²) in [5.74, 6) is -0.279. The first kappa shape index (κ1) is 16.7. The van der Waals surface area contributed by atoms with Crippen molar-refractivity contribution in [3.05, 3.63) is 46.7 Å². The van der Waals surface area contributed by atoms with E-state index in [9.17, 15) is 9.50 Å². The fraction of sp³-hybridized carbons (Fsp3) is 0.235. The van der Waals surface area contributed by atoms with E-state index < -0.39 is 5.82 Å². The molecule has 25 heavy (non-hydrogen) atoms. The lowest BCUT2D eigenvalue weighted by Crippen LogP contribution is -2.03. The van der Waals surface area contributed by atoms with Crippen LogP contribution in [-0.2, 0) is 6.42 Å². The average Bonchev–Trinajstić information content (AvgIpc) is 3.08. The van der Waals surface area contributed by atoms with E-state index in [0.717, 1.165) is 6.07 Å². The Kier molecular flexibility index (Phi) is 4.26. The summed E-state index contributed by atoms with van der Waals surface area (Å²) in [6.07, 6.45) is 1.81. The number of oxime groups is 1. The quantitative estimate of drug-likeness (QED) is 0.430. The van der Waals surface area contributed by atoms with Gasteiger partial charge in [-0.25, -0.2) is 9.07 Å². The summed E-state index contributed by atoms with van der Waals surface area (Å²) in [6, 6.07) is 3.82. The van der Waals surface area contributed by atoms with Gasteiger partial charge in [0, 0.05) is 11.6 Å². The Bertz CT molecular complexity index is 940. The summed E-state index contributed by atoms with van der Waals surface area (Å²) < 4.78 is 21.1. The molecule has 0 unspecified atom stereocenters. The van der Waals surface area contributed by atoms with Crippen LogP contribution in [0.2, 0.25) is 0 Å². The van der Waals surface area contributed by atoms with E-state index in [0.29, 0.717) is 40.4 Å². The Morgan fingerprint density at radius 3 is 2.68 bits per heavy atom. The zero-order valence-corrected chi connectivity index (χ0v) is 14.0. The summed E-state index contributed by atoms with van der Waals surface area (Å²) in [7, 11) is 0. The Balaban J connectivity index is 2.39. The minimum Gasteiger partial charge on any atom is -0.508 e. The summed E-state index contributed by atoms with van der Waals surface area (Å²) >= 11 is 0. The predicted molar refractivity (Wildman–Crippen MR) is 88.9 cm³/mol. The van der Waals surface area contributed by atoms with Crippen LogP contribution in [0.25, 0.3) is 16.9 Å². The van der Waals surface area contributed by atoms with Crippen LogP contribution in [0.4, 0.5) is 4.39 Å². The number of phenolic OH excluding ortho intramolecular Hbond substituents is 1. The second kappa shape index (κ2) is 6.39. The fourth-order valence-electron chi connectivity index (χ4n) is 2.83. The van der Waals surface area contributed by atoms with Crippen molar-refractivity contribution in [2.24, 2.45) is 5.16 Å². The molecule has 0 fully saturated rings. The molecule has 0 aliphatic carbocycles. The maximum Gasteiger partial charge on any atom is 0.152 e. The van der Waals surface area contributed by atoms with E-state index in [-0.39, 0.29) is 11.4 Å². The Morgan fingerprint density at radius 2 is 2.12 bits per heavy atom. The summed E-state index contributed by atoms with van der Waals surface area (Å²) in [6.45, 7) is 5.40. The van der Waals surface area contributed by atoms with Gasteiger partial charge in [-0.2, -0.15) is 5.10 Å². The largest absolute Gasteiger partial charge is 0.508 e. The number of aromatic nitrogens is 3. The van der Waals surface area contributed by atoms with E-state index >= 15 is 0 Å². The van der Waals surface area contributed by atoms with Gasteiger partial charge in [0.15, 0.2) is 5.82 Å². The van der Waals surface area contributed by atoms with Gasteiger partial charge in [0.25, 0.3) is 0 Å². The molecule has 3 rings (SSSR count). The van der Waals surface area contributed by atoms with Crippen molar-refractivity contribution in [3.63, 3.8) is 0 Å². The normalized spacial score (nSPS) is 11.5. The van der Waals surface area contributed by atoms with E-state index in [2.05, 4.69) is 15.4 Å². The maximum atomic E-state index is 14.4. The van der Waals surface area contributed by atoms with Crippen LogP contribution in [0.15, 0.2) is 27.9 Å². The molecule has 7 nitrogen and oxygen atoms in total.